The Morgan fingerprint density at radius 3 is 1.18 bits per heavy atom. The zero-order valence-electron chi connectivity index (χ0n) is 44.9. The first-order valence-corrected chi connectivity index (χ1v) is 29.7. The lowest BCUT2D eigenvalue weighted by Gasteiger charge is -2.22. The van der Waals surface area contributed by atoms with Crippen molar-refractivity contribution in [3.8, 4) is 0 Å². The van der Waals surface area contributed by atoms with Gasteiger partial charge in [0.2, 0.25) is 5.91 Å². The molecule has 0 saturated heterocycles. The van der Waals surface area contributed by atoms with Gasteiger partial charge in [-0.1, -0.05) is 256 Å². The van der Waals surface area contributed by atoms with Crippen LogP contribution in [0.1, 0.15) is 316 Å². The molecule has 394 valence electrons. The molecule has 0 aliphatic carbocycles. The maximum absolute atomic E-state index is 12.5. The van der Waals surface area contributed by atoms with Crippen molar-refractivity contribution in [1.29, 1.82) is 0 Å². The van der Waals surface area contributed by atoms with Gasteiger partial charge in [-0.05, 0) is 83.5 Å². The standard InChI is InChI=1S/C61H115NO5/c1-3-5-7-9-11-13-15-17-19-20-21-22-23-24-25-26-27-29-30-33-37-41-45-49-53-59(64)58(57-63)62-60(65)54-50-46-42-38-34-32-36-40-44-48-52-56-67-61(66)55-51-47-43-39-35-31-28-18-16-14-12-10-8-6-4-2/h12,14,18,28,36,40,58-59,63-64H,3-11,13,15-17,19-27,29-35,37-39,41-57H2,1-2H3,(H,62,65)/b14-12-,28-18-,40-36-. The molecule has 0 spiro atoms. The molecule has 0 bridgehead atoms. The van der Waals surface area contributed by atoms with Gasteiger partial charge in [-0.25, -0.2) is 0 Å². The summed E-state index contributed by atoms with van der Waals surface area (Å²) in [4.78, 5) is 24.5. The Morgan fingerprint density at radius 2 is 0.746 bits per heavy atom. The van der Waals surface area contributed by atoms with E-state index in [-0.39, 0.29) is 18.5 Å². The van der Waals surface area contributed by atoms with E-state index in [1.54, 1.807) is 0 Å². The lowest BCUT2D eigenvalue weighted by molar-refractivity contribution is -0.143. The van der Waals surface area contributed by atoms with E-state index < -0.39 is 12.1 Å². The number of allylic oxidation sites excluding steroid dienone is 6. The molecule has 0 aliphatic heterocycles. The molecular formula is C61H115NO5. The Kier molecular flexibility index (Phi) is 55.0. The minimum absolute atomic E-state index is 0.0446. The van der Waals surface area contributed by atoms with Gasteiger partial charge in [0.05, 0.1) is 25.4 Å². The van der Waals surface area contributed by atoms with Gasteiger partial charge < -0.3 is 20.3 Å². The number of unbranched alkanes of at least 4 members (excludes halogenated alkanes) is 38. The van der Waals surface area contributed by atoms with Crippen molar-refractivity contribution in [2.24, 2.45) is 0 Å². The van der Waals surface area contributed by atoms with Crippen molar-refractivity contribution in [3.63, 3.8) is 0 Å². The number of rotatable bonds is 55. The Labute approximate surface area is 417 Å². The van der Waals surface area contributed by atoms with Gasteiger partial charge in [0.15, 0.2) is 0 Å². The van der Waals surface area contributed by atoms with Gasteiger partial charge in [0, 0.05) is 12.8 Å². The van der Waals surface area contributed by atoms with Gasteiger partial charge in [0.1, 0.15) is 0 Å². The van der Waals surface area contributed by atoms with E-state index in [1.165, 1.54) is 186 Å². The number of amides is 1. The molecule has 0 fully saturated rings. The highest BCUT2D eigenvalue weighted by Crippen LogP contribution is 2.17. The highest BCUT2D eigenvalue weighted by Gasteiger charge is 2.20. The van der Waals surface area contributed by atoms with Crippen LogP contribution in [-0.2, 0) is 14.3 Å². The number of aliphatic hydroxyl groups is 2. The molecule has 0 aromatic carbocycles. The van der Waals surface area contributed by atoms with Gasteiger partial charge in [-0.15, -0.1) is 0 Å². The molecule has 0 aliphatic rings. The van der Waals surface area contributed by atoms with Crippen molar-refractivity contribution in [2.45, 2.75) is 328 Å². The highest BCUT2D eigenvalue weighted by atomic mass is 16.5. The van der Waals surface area contributed by atoms with Crippen LogP contribution in [0.5, 0.6) is 0 Å². The van der Waals surface area contributed by atoms with E-state index in [9.17, 15) is 19.8 Å². The third-order valence-corrected chi connectivity index (χ3v) is 13.7. The van der Waals surface area contributed by atoms with Crippen molar-refractivity contribution in [3.05, 3.63) is 36.5 Å². The third-order valence-electron chi connectivity index (χ3n) is 13.7. The molecule has 6 nitrogen and oxygen atoms in total. The van der Waals surface area contributed by atoms with Crippen LogP contribution in [0, 0.1) is 0 Å². The fourth-order valence-corrected chi connectivity index (χ4v) is 9.08. The first-order chi connectivity index (χ1) is 33.0. The van der Waals surface area contributed by atoms with Crippen LogP contribution in [-0.4, -0.2) is 47.4 Å². The SMILES string of the molecule is CCCCC/C=C\C/C=C\CCCCCCCC(=O)OCCCC/C=C\CCCCCCCC(=O)NC(CO)C(O)CCCCCCCCCCCCCCCCCCCCCCCCCC. The molecule has 2 unspecified atom stereocenters. The zero-order valence-corrected chi connectivity index (χ0v) is 44.9. The summed E-state index contributed by atoms with van der Waals surface area (Å²) >= 11 is 0. The van der Waals surface area contributed by atoms with Gasteiger partial charge in [-0.2, -0.15) is 0 Å². The molecule has 2 atom stereocenters. The van der Waals surface area contributed by atoms with Gasteiger partial charge in [-0.3, -0.25) is 9.59 Å². The summed E-state index contributed by atoms with van der Waals surface area (Å²) < 4.78 is 5.44. The molecule has 67 heavy (non-hydrogen) atoms. The second kappa shape index (κ2) is 56.7. The van der Waals surface area contributed by atoms with Crippen LogP contribution in [0.3, 0.4) is 0 Å². The van der Waals surface area contributed by atoms with E-state index in [0.29, 0.717) is 25.9 Å². The highest BCUT2D eigenvalue weighted by molar-refractivity contribution is 5.76. The van der Waals surface area contributed by atoms with Crippen LogP contribution in [0.25, 0.3) is 0 Å². The lowest BCUT2D eigenvalue weighted by atomic mass is 10.0. The van der Waals surface area contributed by atoms with Crippen molar-refractivity contribution in [1.82, 2.24) is 5.32 Å². The normalized spacial score (nSPS) is 12.8. The fourth-order valence-electron chi connectivity index (χ4n) is 9.08. The van der Waals surface area contributed by atoms with E-state index in [4.69, 9.17) is 4.74 Å². The van der Waals surface area contributed by atoms with Crippen molar-refractivity contribution in [2.75, 3.05) is 13.2 Å². The lowest BCUT2D eigenvalue weighted by Crippen LogP contribution is -2.45. The van der Waals surface area contributed by atoms with E-state index in [1.807, 2.05) is 0 Å². The predicted molar refractivity (Wildman–Crippen MR) is 292 cm³/mol. The maximum Gasteiger partial charge on any atom is 0.305 e. The number of carbonyl (C=O) groups excluding carboxylic acids is 2. The van der Waals surface area contributed by atoms with Gasteiger partial charge >= 0.3 is 5.97 Å². The summed E-state index contributed by atoms with van der Waals surface area (Å²) in [6.07, 6.45) is 70.0. The minimum atomic E-state index is -0.685. The molecule has 3 N–H and O–H groups in total. The second-order valence-electron chi connectivity index (χ2n) is 20.3. The number of esters is 1. The number of hydrogen-bond donors (Lipinski definition) is 3. The molecule has 0 saturated carbocycles. The topological polar surface area (TPSA) is 95.9 Å². The number of ether oxygens (including phenoxy) is 1. The van der Waals surface area contributed by atoms with Crippen LogP contribution < -0.4 is 5.32 Å². The Balaban J connectivity index is 3.50. The summed E-state index contributed by atoms with van der Waals surface area (Å²) in [5, 5.41) is 23.3. The van der Waals surface area contributed by atoms with Crippen molar-refractivity contribution < 1.29 is 24.5 Å². The Morgan fingerprint density at radius 1 is 0.418 bits per heavy atom. The Hall–Kier alpha value is -1.92. The molecule has 0 radical (unpaired) electrons. The Bertz CT molecular complexity index is 1090. The summed E-state index contributed by atoms with van der Waals surface area (Å²) in [5.41, 5.74) is 0. The zero-order chi connectivity index (χ0) is 48.6. The molecule has 0 heterocycles. The summed E-state index contributed by atoms with van der Waals surface area (Å²) in [6.45, 7) is 4.86. The van der Waals surface area contributed by atoms with Crippen LogP contribution in [0.4, 0.5) is 0 Å². The number of hydrogen-bond acceptors (Lipinski definition) is 5. The average Bonchev–Trinajstić information content (AvgIpc) is 3.33. The van der Waals surface area contributed by atoms with Gasteiger partial charge in [0.25, 0.3) is 0 Å². The summed E-state index contributed by atoms with van der Waals surface area (Å²) in [6, 6.07) is -0.565. The quantitative estimate of drug-likeness (QED) is 0.0321. The number of aliphatic hydroxyl groups excluding tert-OH is 2. The number of nitrogens with one attached hydrogen (secondary N) is 1. The minimum Gasteiger partial charge on any atom is -0.466 e. The van der Waals surface area contributed by atoms with Crippen molar-refractivity contribution >= 4 is 11.9 Å². The largest absolute Gasteiger partial charge is 0.466 e. The first kappa shape index (κ1) is 65.1. The third kappa shape index (κ3) is 53.3. The fraction of sp³-hybridized carbons (Fsp3) is 0.869. The van der Waals surface area contributed by atoms with Crippen LogP contribution >= 0.6 is 0 Å². The van der Waals surface area contributed by atoms with Crippen LogP contribution in [0.15, 0.2) is 36.5 Å². The molecule has 0 rings (SSSR count). The number of carbonyl (C=O) groups is 2. The smallest absolute Gasteiger partial charge is 0.305 e. The molecule has 6 heteroatoms. The molecule has 1 amide bonds. The molecular weight excluding hydrogens is 827 g/mol. The molecule has 0 aromatic heterocycles. The first-order valence-electron chi connectivity index (χ1n) is 29.7. The summed E-state index contributed by atoms with van der Waals surface area (Å²) in [7, 11) is 0. The summed E-state index contributed by atoms with van der Waals surface area (Å²) in [5.74, 6) is -0.107. The predicted octanol–water partition coefficient (Wildman–Crippen LogP) is 18.4. The monoisotopic (exact) mass is 942 g/mol. The maximum atomic E-state index is 12.5. The van der Waals surface area contributed by atoms with E-state index >= 15 is 0 Å². The average molecular weight is 943 g/mol. The van der Waals surface area contributed by atoms with Crippen LogP contribution in [0.2, 0.25) is 0 Å². The second-order valence-corrected chi connectivity index (χ2v) is 20.3. The van der Waals surface area contributed by atoms with E-state index in [2.05, 4.69) is 55.6 Å². The molecule has 0 aromatic rings. The van der Waals surface area contributed by atoms with E-state index in [0.717, 1.165) is 96.3 Å².